The van der Waals surface area contributed by atoms with Crippen molar-refractivity contribution in [3.63, 3.8) is 0 Å². The highest BCUT2D eigenvalue weighted by atomic mass is 16.6. The monoisotopic (exact) mass is 318 g/mol. The van der Waals surface area contributed by atoms with Crippen molar-refractivity contribution in [3.8, 4) is 0 Å². The molecule has 2 aliphatic rings. The number of carbonyl (C=O) groups excluding carboxylic acids is 1. The minimum absolute atomic E-state index is 0.183. The van der Waals surface area contributed by atoms with Gasteiger partial charge in [0.2, 0.25) is 0 Å². The van der Waals surface area contributed by atoms with Gasteiger partial charge in [-0.2, -0.15) is 0 Å². The Balaban J connectivity index is 1.49. The molecule has 1 aliphatic carbocycles. The van der Waals surface area contributed by atoms with Crippen LogP contribution in [0.2, 0.25) is 0 Å². The maximum Gasteiger partial charge on any atom is 0.410 e. The lowest BCUT2D eigenvalue weighted by Gasteiger charge is -2.25. The van der Waals surface area contributed by atoms with Crippen LogP contribution in [0.3, 0.4) is 0 Å². The number of rotatable bonds is 7. The zero-order chi connectivity index (χ0) is 16.1. The van der Waals surface area contributed by atoms with E-state index in [0.717, 1.165) is 51.0 Å². The largest absolute Gasteiger partial charge is 0.445 e. The fourth-order valence-corrected chi connectivity index (χ4v) is 3.25. The summed E-state index contributed by atoms with van der Waals surface area (Å²) in [7, 11) is 0. The molecule has 1 N–H and O–H groups in total. The molecule has 1 aromatic carbocycles. The van der Waals surface area contributed by atoms with Crippen LogP contribution < -0.4 is 0 Å². The molecule has 1 saturated heterocycles. The number of benzene rings is 1. The molecule has 1 heterocycles. The van der Waals surface area contributed by atoms with E-state index in [-0.39, 0.29) is 12.7 Å². The Kier molecular flexibility index (Phi) is 5.51. The van der Waals surface area contributed by atoms with Crippen molar-refractivity contribution in [1.29, 1.82) is 0 Å². The Morgan fingerprint density at radius 3 is 2.74 bits per heavy atom. The highest BCUT2D eigenvalue weighted by Gasteiger charge is 2.36. The number of β-amino-alcohol motifs (C(OH)–C–C–N with tert-alkyl or cyclic N) is 1. The minimum Gasteiger partial charge on any atom is -0.445 e. The second-order valence-corrected chi connectivity index (χ2v) is 6.60. The molecule has 0 spiro atoms. The summed E-state index contributed by atoms with van der Waals surface area (Å²) in [5, 5.41) is 9.03. The van der Waals surface area contributed by atoms with Crippen LogP contribution in [0.4, 0.5) is 4.79 Å². The molecule has 1 saturated carbocycles. The maximum absolute atomic E-state index is 12.4. The Morgan fingerprint density at radius 1 is 1.26 bits per heavy atom. The predicted octanol–water partition coefficient (Wildman–Crippen LogP) is 2.10. The standard InChI is InChI=1S/C18H26N2O3/c21-11-10-19-9-8-16(12-19)13-20(17-6-7-17)18(22)23-14-15-4-2-1-3-5-15/h1-5,16-17,21H,6-14H2/t16-/m1/s1. The van der Waals surface area contributed by atoms with Gasteiger partial charge in [-0.1, -0.05) is 30.3 Å². The van der Waals surface area contributed by atoms with Crippen LogP contribution in [0, 0.1) is 5.92 Å². The van der Waals surface area contributed by atoms with Crippen molar-refractivity contribution < 1.29 is 14.6 Å². The van der Waals surface area contributed by atoms with Crippen LogP contribution in [-0.2, 0) is 11.3 Å². The van der Waals surface area contributed by atoms with E-state index < -0.39 is 0 Å². The number of aliphatic hydroxyl groups is 1. The molecule has 2 fully saturated rings. The predicted molar refractivity (Wildman–Crippen MR) is 88.0 cm³/mol. The van der Waals surface area contributed by atoms with E-state index in [0.29, 0.717) is 18.6 Å². The second-order valence-electron chi connectivity index (χ2n) is 6.60. The van der Waals surface area contributed by atoms with Crippen LogP contribution in [-0.4, -0.2) is 59.8 Å². The number of likely N-dealkylation sites (tertiary alicyclic amines) is 1. The van der Waals surface area contributed by atoms with Crippen LogP contribution in [0.15, 0.2) is 30.3 Å². The first-order chi connectivity index (χ1) is 11.3. The summed E-state index contributed by atoms with van der Waals surface area (Å²) in [4.78, 5) is 16.6. The van der Waals surface area contributed by atoms with Crippen molar-refractivity contribution >= 4 is 6.09 Å². The number of hydrogen-bond donors (Lipinski definition) is 1. The van der Waals surface area contributed by atoms with Gasteiger partial charge in [-0.15, -0.1) is 0 Å². The normalized spacial score (nSPS) is 21.3. The maximum atomic E-state index is 12.4. The molecule has 3 rings (SSSR count). The summed E-state index contributed by atoms with van der Waals surface area (Å²) in [5.41, 5.74) is 1.02. The molecule has 5 nitrogen and oxygen atoms in total. The van der Waals surface area contributed by atoms with E-state index in [1.807, 2.05) is 35.2 Å². The van der Waals surface area contributed by atoms with Crippen molar-refractivity contribution in [2.24, 2.45) is 5.92 Å². The molecular formula is C18H26N2O3. The first-order valence-corrected chi connectivity index (χ1v) is 8.57. The van der Waals surface area contributed by atoms with Gasteiger partial charge in [0.05, 0.1) is 6.61 Å². The molecule has 0 bridgehead atoms. The number of carbonyl (C=O) groups is 1. The molecule has 1 atom stereocenters. The molecular weight excluding hydrogens is 292 g/mol. The molecule has 1 amide bonds. The number of hydrogen-bond acceptors (Lipinski definition) is 4. The van der Waals surface area contributed by atoms with Gasteiger partial charge < -0.3 is 19.6 Å². The lowest BCUT2D eigenvalue weighted by Crippen LogP contribution is -2.38. The average molecular weight is 318 g/mol. The summed E-state index contributed by atoms with van der Waals surface area (Å²) in [5.74, 6) is 0.492. The molecule has 5 heteroatoms. The minimum atomic E-state index is -0.183. The molecule has 1 aromatic rings. The van der Waals surface area contributed by atoms with E-state index in [9.17, 15) is 4.79 Å². The van der Waals surface area contributed by atoms with Crippen LogP contribution in [0.5, 0.6) is 0 Å². The summed E-state index contributed by atoms with van der Waals surface area (Å²) >= 11 is 0. The van der Waals surface area contributed by atoms with Gasteiger partial charge in [0.15, 0.2) is 0 Å². The van der Waals surface area contributed by atoms with Crippen molar-refractivity contribution in [1.82, 2.24) is 9.80 Å². The molecule has 0 radical (unpaired) electrons. The number of aliphatic hydroxyl groups excluding tert-OH is 1. The Morgan fingerprint density at radius 2 is 2.04 bits per heavy atom. The van der Waals surface area contributed by atoms with E-state index in [4.69, 9.17) is 9.84 Å². The number of amides is 1. The van der Waals surface area contributed by atoms with Crippen molar-refractivity contribution in [2.75, 3.05) is 32.8 Å². The summed E-state index contributed by atoms with van der Waals surface area (Å²) in [6.07, 6.45) is 3.09. The number of ether oxygens (including phenoxy) is 1. The van der Waals surface area contributed by atoms with E-state index >= 15 is 0 Å². The third kappa shape index (κ3) is 4.69. The quantitative estimate of drug-likeness (QED) is 0.836. The summed E-state index contributed by atoms with van der Waals surface area (Å²) in [6, 6.07) is 10.2. The van der Waals surface area contributed by atoms with Gasteiger partial charge in [0.1, 0.15) is 6.61 Å². The van der Waals surface area contributed by atoms with Gasteiger partial charge in [0.25, 0.3) is 0 Å². The van der Waals surface area contributed by atoms with E-state index in [1.54, 1.807) is 0 Å². The highest BCUT2D eigenvalue weighted by molar-refractivity contribution is 5.68. The molecule has 0 aromatic heterocycles. The lowest BCUT2D eigenvalue weighted by molar-refractivity contribution is 0.0874. The SMILES string of the molecule is O=C(OCc1ccccc1)N(C[C@@H]1CCN(CCO)C1)C1CC1. The van der Waals surface area contributed by atoms with E-state index in [2.05, 4.69) is 4.90 Å². The molecule has 1 aliphatic heterocycles. The van der Waals surface area contributed by atoms with E-state index in [1.165, 1.54) is 0 Å². The van der Waals surface area contributed by atoms with Gasteiger partial charge in [-0.25, -0.2) is 4.79 Å². The van der Waals surface area contributed by atoms with Crippen molar-refractivity contribution in [2.45, 2.75) is 31.9 Å². The Hall–Kier alpha value is -1.59. The zero-order valence-electron chi connectivity index (χ0n) is 13.6. The van der Waals surface area contributed by atoms with Gasteiger partial charge in [0, 0.05) is 25.7 Å². The molecule has 0 unspecified atom stereocenters. The fraction of sp³-hybridized carbons (Fsp3) is 0.611. The fourth-order valence-electron chi connectivity index (χ4n) is 3.25. The Labute approximate surface area is 137 Å². The third-order valence-electron chi connectivity index (χ3n) is 4.67. The summed E-state index contributed by atoms with van der Waals surface area (Å²) in [6.45, 7) is 4.04. The summed E-state index contributed by atoms with van der Waals surface area (Å²) < 4.78 is 5.51. The first kappa shape index (κ1) is 16.3. The van der Waals surface area contributed by atoms with Gasteiger partial charge in [-0.05, 0) is 37.3 Å². The third-order valence-corrected chi connectivity index (χ3v) is 4.67. The lowest BCUT2D eigenvalue weighted by atomic mass is 10.1. The average Bonchev–Trinajstić information content (AvgIpc) is 3.32. The van der Waals surface area contributed by atoms with Crippen LogP contribution in [0.25, 0.3) is 0 Å². The zero-order valence-corrected chi connectivity index (χ0v) is 13.6. The van der Waals surface area contributed by atoms with Gasteiger partial charge in [-0.3, -0.25) is 0 Å². The van der Waals surface area contributed by atoms with Gasteiger partial charge >= 0.3 is 6.09 Å². The number of nitrogens with zero attached hydrogens (tertiary/aromatic N) is 2. The molecule has 126 valence electrons. The Bertz CT molecular complexity index is 504. The van der Waals surface area contributed by atoms with Crippen molar-refractivity contribution in [3.05, 3.63) is 35.9 Å². The smallest absolute Gasteiger partial charge is 0.410 e. The first-order valence-electron chi connectivity index (χ1n) is 8.57. The highest BCUT2D eigenvalue weighted by Crippen LogP contribution is 2.30. The van der Waals surface area contributed by atoms with Crippen LogP contribution in [0.1, 0.15) is 24.8 Å². The topological polar surface area (TPSA) is 53.0 Å². The second kappa shape index (κ2) is 7.79. The van der Waals surface area contributed by atoms with Crippen LogP contribution >= 0.6 is 0 Å². The molecule has 23 heavy (non-hydrogen) atoms.